The van der Waals surface area contributed by atoms with Crippen LogP contribution in [-0.2, 0) is 16.1 Å². The predicted octanol–water partition coefficient (Wildman–Crippen LogP) is 3.50. The molecule has 2 aromatic rings. The van der Waals surface area contributed by atoms with E-state index in [1.807, 2.05) is 49.4 Å². The highest BCUT2D eigenvalue weighted by Gasteiger charge is 2.03. The minimum atomic E-state index is 0.250. The lowest BCUT2D eigenvalue weighted by molar-refractivity contribution is -0.191. The van der Waals surface area contributed by atoms with Gasteiger partial charge in [0.25, 0.3) is 0 Å². The summed E-state index contributed by atoms with van der Waals surface area (Å²) in [5.74, 6) is 0.287. The lowest BCUT2D eigenvalue weighted by Gasteiger charge is -2.04. The molecule has 0 radical (unpaired) electrons. The highest BCUT2D eigenvalue weighted by atomic mass is 79.9. The molecule has 0 heterocycles. The van der Waals surface area contributed by atoms with Crippen LogP contribution in [0.3, 0.4) is 0 Å². The Hall–Kier alpha value is -2.23. The lowest BCUT2D eigenvalue weighted by Crippen LogP contribution is -1.88. The van der Waals surface area contributed by atoms with Gasteiger partial charge in [-0.2, -0.15) is 9.59 Å². The normalized spacial score (nSPS) is 9.81. The molecule has 0 aliphatic rings. The van der Waals surface area contributed by atoms with E-state index in [-0.39, 0.29) is 11.9 Å². The second kappa shape index (κ2) is 8.84. The highest BCUT2D eigenvalue weighted by Crippen LogP contribution is 2.25. The van der Waals surface area contributed by atoms with Crippen molar-refractivity contribution in [2.24, 2.45) is 4.99 Å². The molecule has 0 saturated carbocycles. The average Bonchev–Trinajstić information content (AvgIpc) is 2.46. The van der Waals surface area contributed by atoms with Crippen LogP contribution >= 0.6 is 15.9 Å². The van der Waals surface area contributed by atoms with E-state index in [2.05, 4.69) is 20.9 Å². The number of nitrogens with zero attached hydrogens (tertiary/aromatic N) is 1. The Morgan fingerprint density at radius 1 is 1.24 bits per heavy atom. The number of hydrogen-bond donors (Lipinski definition) is 1. The van der Waals surface area contributed by atoms with Crippen molar-refractivity contribution < 1.29 is 14.7 Å². The van der Waals surface area contributed by atoms with Crippen molar-refractivity contribution in [3.05, 3.63) is 63.6 Å². The summed E-state index contributed by atoms with van der Waals surface area (Å²) in [7, 11) is 0. The molecule has 0 unspecified atom stereocenters. The molecule has 1 N–H and O–H groups in total. The molecule has 0 fully saturated rings. The first kappa shape index (κ1) is 16.8. The fourth-order valence-electron chi connectivity index (χ4n) is 1.69. The van der Waals surface area contributed by atoms with Gasteiger partial charge in [-0.1, -0.05) is 46.3 Å². The van der Waals surface area contributed by atoms with E-state index in [9.17, 15) is 5.11 Å². The second-order valence-electron chi connectivity index (χ2n) is 4.20. The molecule has 5 heteroatoms. The number of carbonyl (C=O) groups excluding carboxylic acids is 2. The van der Waals surface area contributed by atoms with Gasteiger partial charge in [0.2, 0.25) is 0 Å². The maximum Gasteiger partial charge on any atom is 0.373 e. The monoisotopic (exact) mass is 347 g/mol. The van der Waals surface area contributed by atoms with Gasteiger partial charge in [-0.25, -0.2) is 0 Å². The van der Waals surface area contributed by atoms with Crippen molar-refractivity contribution in [2.45, 2.75) is 13.5 Å². The van der Waals surface area contributed by atoms with Gasteiger partial charge < -0.3 is 5.11 Å². The fraction of sp³-hybridized carbons (Fsp3) is 0.125. The summed E-state index contributed by atoms with van der Waals surface area (Å²) in [4.78, 5) is 20.6. The van der Waals surface area contributed by atoms with Crippen molar-refractivity contribution in [3.8, 4) is 5.75 Å². The van der Waals surface area contributed by atoms with Gasteiger partial charge in [0.1, 0.15) is 5.75 Å². The quantitative estimate of drug-likeness (QED) is 0.864. The van der Waals surface area contributed by atoms with Gasteiger partial charge in [-0.15, -0.1) is 0 Å². The minimum absolute atomic E-state index is 0.250. The lowest BCUT2D eigenvalue weighted by atomic mass is 10.1. The van der Waals surface area contributed by atoms with Gasteiger partial charge in [-0.3, -0.25) is 4.99 Å². The van der Waals surface area contributed by atoms with E-state index in [0.29, 0.717) is 6.54 Å². The number of hydrogen-bond acceptors (Lipinski definition) is 4. The molecule has 0 bridgehead atoms. The topological polar surface area (TPSA) is 66.7 Å². The molecule has 0 spiro atoms. The summed E-state index contributed by atoms with van der Waals surface area (Å²) in [5, 5.41) is 9.91. The number of phenolic OH excluding ortho intramolecular Hbond substituents is 1. The molecule has 2 rings (SSSR count). The number of aromatic hydroxyl groups is 1. The molecule has 0 aromatic heterocycles. The van der Waals surface area contributed by atoms with Crippen LogP contribution in [0, 0.1) is 6.92 Å². The zero-order valence-electron chi connectivity index (χ0n) is 11.4. The summed E-state index contributed by atoms with van der Waals surface area (Å²) in [6.07, 6.45) is 1.96. The third-order valence-electron chi connectivity index (χ3n) is 2.64. The van der Waals surface area contributed by atoms with Gasteiger partial charge in [0, 0.05) is 16.3 Å². The molecule has 4 nitrogen and oxygen atoms in total. The van der Waals surface area contributed by atoms with E-state index in [4.69, 9.17) is 9.59 Å². The second-order valence-corrected chi connectivity index (χ2v) is 5.11. The first-order valence-corrected chi connectivity index (χ1v) is 6.90. The van der Waals surface area contributed by atoms with Crippen molar-refractivity contribution in [1.82, 2.24) is 0 Å². The number of benzene rings is 2. The van der Waals surface area contributed by atoms with Crippen molar-refractivity contribution >= 4 is 28.3 Å². The third kappa shape index (κ3) is 5.73. The van der Waals surface area contributed by atoms with Crippen molar-refractivity contribution in [2.75, 3.05) is 0 Å². The summed E-state index contributed by atoms with van der Waals surface area (Å²) in [6.45, 7) is 2.49. The third-order valence-corrected chi connectivity index (χ3v) is 3.10. The Morgan fingerprint density at radius 2 is 1.86 bits per heavy atom. The molecular weight excluding hydrogens is 334 g/mol. The standard InChI is InChI=1S/C15H14BrNO.CO2/c1-11-7-14(16)8-13(15(11)18)10-17-9-12-5-3-2-4-6-12;2-1-3/h2-8,10,18H,9H2,1H3;. The first-order valence-electron chi connectivity index (χ1n) is 6.10. The molecule has 0 aliphatic carbocycles. The van der Waals surface area contributed by atoms with Gasteiger partial charge in [0.05, 0.1) is 6.54 Å². The van der Waals surface area contributed by atoms with E-state index >= 15 is 0 Å². The Labute approximate surface area is 131 Å². The maximum absolute atomic E-state index is 9.91. The molecule has 21 heavy (non-hydrogen) atoms. The smallest absolute Gasteiger partial charge is 0.373 e. The van der Waals surface area contributed by atoms with Crippen molar-refractivity contribution in [1.29, 1.82) is 0 Å². The summed E-state index contributed by atoms with van der Waals surface area (Å²) >= 11 is 3.41. The molecule has 0 atom stereocenters. The largest absolute Gasteiger partial charge is 0.507 e. The van der Waals surface area contributed by atoms with Crippen molar-refractivity contribution in [3.63, 3.8) is 0 Å². The Bertz CT molecular complexity index is 648. The van der Waals surface area contributed by atoms with Crippen LogP contribution in [0.5, 0.6) is 5.75 Å². The van der Waals surface area contributed by atoms with E-state index in [0.717, 1.165) is 21.2 Å². The molecular formula is C16H14BrNO3. The molecule has 108 valence electrons. The van der Waals surface area contributed by atoms with E-state index < -0.39 is 0 Å². The molecule has 0 amide bonds. The van der Waals surface area contributed by atoms with Crippen LogP contribution in [0.1, 0.15) is 16.7 Å². The summed E-state index contributed by atoms with van der Waals surface area (Å²) in [5.41, 5.74) is 2.73. The number of aryl methyl sites for hydroxylation is 1. The molecule has 0 saturated heterocycles. The van der Waals surface area contributed by atoms with Crippen LogP contribution in [0.4, 0.5) is 0 Å². The Kier molecular flexibility index (Phi) is 7.09. The zero-order chi connectivity index (χ0) is 15.7. The Balaban J connectivity index is 0.000000677. The number of aliphatic imine (C=N–C) groups is 1. The number of phenols is 1. The van der Waals surface area contributed by atoms with E-state index in [1.54, 1.807) is 6.21 Å². The Morgan fingerprint density at radius 3 is 2.48 bits per heavy atom. The van der Waals surface area contributed by atoms with Crippen LogP contribution in [-0.4, -0.2) is 17.5 Å². The van der Waals surface area contributed by atoms with Crippen LogP contribution in [0.15, 0.2) is 51.9 Å². The maximum atomic E-state index is 9.91. The number of halogens is 1. The predicted molar refractivity (Wildman–Crippen MR) is 83.3 cm³/mol. The van der Waals surface area contributed by atoms with E-state index in [1.165, 1.54) is 0 Å². The SMILES string of the molecule is Cc1cc(Br)cc(C=NCc2ccccc2)c1O.O=C=O. The minimum Gasteiger partial charge on any atom is -0.507 e. The summed E-state index contributed by atoms with van der Waals surface area (Å²) < 4.78 is 0.943. The van der Waals surface area contributed by atoms with Crippen LogP contribution < -0.4 is 0 Å². The molecule has 2 aromatic carbocycles. The average molecular weight is 348 g/mol. The fourth-order valence-corrected chi connectivity index (χ4v) is 2.28. The summed E-state index contributed by atoms with van der Waals surface area (Å²) in [6, 6.07) is 13.8. The first-order chi connectivity index (χ1) is 10.1. The highest BCUT2D eigenvalue weighted by molar-refractivity contribution is 9.10. The van der Waals surface area contributed by atoms with Crippen LogP contribution in [0.25, 0.3) is 0 Å². The zero-order valence-corrected chi connectivity index (χ0v) is 13.0. The van der Waals surface area contributed by atoms with Gasteiger partial charge in [0.15, 0.2) is 0 Å². The van der Waals surface area contributed by atoms with Gasteiger partial charge in [-0.05, 0) is 30.2 Å². The van der Waals surface area contributed by atoms with Gasteiger partial charge >= 0.3 is 6.15 Å². The van der Waals surface area contributed by atoms with Crippen LogP contribution in [0.2, 0.25) is 0 Å². The number of rotatable bonds is 3. The molecule has 0 aliphatic heterocycles.